The summed E-state index contributed by atoms with van der Waals surface area (Å²) in [5.41, 5.74) is 2.29. The van der Waals surface area contributed by atoms with E-state index in [0.717, 1.165) is 68.2 Å². The van der Waals surface area contributed by atoms with E-state index >= 15 is 8.78 Å². The Hall–Kier alpha value is -1.77. The molecule has 2 aromatic rings. The van der Waals surface area contributed by atoms with Crippen LogP contribution in [0.3, 0.4) is 0 Å². The van der Waals surface area contributed by atoms with E-state index in [0.29, 0.717) is 50.0 Å². The second-order valence-electron chi connectivity index (χ2n) is 12.4. The van der Waals surface area contributed by atoms with E-state index in [1.807, 2.05) is 37.3 Å². The Morgan fingerprint density at radius 1 is 0.696 bits per heavy atom. The van der Waals surface area contributed by atoms with Gasteiger partial charge in [-0.25, -0.2) is 8.78 Å². The lowest BCUT2D eigenvalue weighted by Gasteiger charge is -2.50. The fraction of sp³-hybridized carbons (Fsp3) is 0.684. The van der Waals surface area contributed by atoms with E-state index in [-0.39, 0.29) is 6.61 Å². The highest BCUT2D eigenvalue weighted by Crippen LogP contribution is 2.52. The SMILES string of the molecule is CCCCOC[C@@H]1[C@@H](OCCCC)[C@H](OCCCC)[C@@H](OCCCC)C(c2ccc(Cl)c(Cc3ccc(OCC)cc3)c2)C1(F)F. The Bertz CT molecular complexity index is 1110. The van der Waals surface area contributed by atoms with Gasteiger partial charge >= 0.3 is 0 Å². The third kappa shape index (κ3) is 10.9. The minimum absolute atomic E-state index is 0.109. The van der Waals surface area contributed by atoms with Crippen molar-refractivity contribution in [2.75, 3.05) is 39.6 Å². The van der Waals surface area contributed by atoms with Crippen molar-refractivity contribution in [2.24, 2.45) is 5.92 Å². The molecule has 1 aliphatic carbocycles. The van der Waals surface area contributed by atoms with E-state index in [4.69, 9.17) is 35.3 Å². The van der Waals surface area contributed by atoms with Crippen LogP contribution in [-0.4, -0.2) is 63.9 Å². The molecule has 0 bridgehead atoms. The molecule has 1 aliphatic rings. The van der Waals surface area contributed by atoms with E-state index in [2.05, 4.69) is 27.7 Å². The number of rotatable bonds is 22. The zero-order valence-electron chi connectivity index (χ0n) is 28.7. The highest BCUT2D eigenvalue weighted by Gasteiger charge is 2.63. The Labute approximate surface area is 281 Å². The molecule has 46 heavy (non-hydrogen) atoms. The Balaban J connectivity index is 2.08. The third-order valence-electron chi connectivity index (χ3n) is 8.70. The molecule has 0 saturated heterocycles. The predicted octanol–water partition coefficient (Wildman–Crippen LogP) is 10.1. The van der Waals surface area contributed by atoms with Crippen LogP contribution < -0.4 is 4.74 Å². The van der Waals surface area contributed by atoms with Crippen molar-refractivity contribution in [1.82, 2.24) is 0 Å². The first kappa shape index (κ1) is 38.7. The van der Waals surface area contributed by atoms with Gasteiger partial charge in [0.2, 0.25) is 0 Å². The summed E-state index contributed by atoms with van der Waals surface area (Å²) in [7, 11) is 0. The molecule has 0 aliphatic heterocycles. The number of alkyl halides is 2. The molecule has 1 saturated carbocycles. The maximum absolute atomic E-state index is 17.2. The molecule has 2 aromatic carbocycles. The van der Waals surface area contributed by atoms with Gasteiger partial charge in [-0.3, -0.25) is 0 Å². The second kappa shape index (κ2) is 20.6. The minimum Gasteiger partial charge on any atom is -0.494 e. The predicted molar refractivity (Wildman–Crippen MR) is 183 cm³/mol. The molecule has 1 unspecified atom stereocenters. The molecule has 5 atom stereocenters. The summed E-state index contributed by atoms with van der Waals surface area (Å²) in [6.07, 6.45) is 4.92. The molecule has 1 fully saturated rings. The fourth-order valence-electron chi connectivity index (χ4n) is 6.05. The van der Waals surface area contributed by atoms with Crippen LogP contribution in [0.4, 0.5) is 8.78 Å². The van der Waals surface area contributed by atoms with Gasteiger partial charge < -0.3 is 23.7 Å². The maximum atomic E-state index is 17.2. The summed E-state index contributed by atoms with van der Waals surface area (Å²) in [5, 5.41) is 0.538. The van der Waals surface area contributed by atoms with Gasteiger partial charge in [0, 0.05) is 31.5 Å². The summed E-state index contributed by atoms with van der Waals surface area (Å²) in [4.78, 5) is 0. The van der Waals surface area contributed by atoms with Crippen molar-refractivity contribution >= 4 is 11.6 Å². The molecule has 0 radical (unpaired) electrons. The van der Waals surface area contributed by atoms with Crippen LogP contribution >= 0.6 is 11.6 Å². The van der Waals surface area contributed by atoms with E-state index in [1.54, 1.807) is 12.1 Å². The first-order valence-corrected chi connectivity index (χ1v) is 18.0. The molecule has 0 amide bonds. The molecule has 0 N–H and O–H groups in total. The summed E-state index contributed by atoms with van der Waals surface area (Å²) < 4.78 is 65.3. The van der Waals surface area contributed by atoms with Gasteiger partial charge in [0.25, 0.3) is 5.92 Å². The average molecular weight is 667 g/mol. The molecular weight excluding hydrogens is 610 g/mol. The highest BCUT2D eigenvalue weighted by molar-refractivity contribution is 6.31. The lowest BCUT2D eigenvalue weighted by Crippen LogP contribution is -2.63. The van der Waals surface area contributed by atoms with Crippen LogP contribution in [0.5, 0.6) is 5.75 Å². The lowest BCUT2D eigenvalue weighted by molar-refractivity contribution is -0.265. The maximum Gasteiger partial charge on any atom is 0.265 e. The molecule has 8 heteroatoms. The topological polar surface area (TPSA) is 46.2 Å². The van der Waals surface area contributed by atoms with Crippen LogP contribution in [0, 0.1) is 5.92 Å². The normalized spacial score (nSPS) is 22.7. The molecule has 0 spiro atoms. The number of halogens is 3. The standard InChI is InChI=1S/C38H57ClF2O5/c1-6-11-21-42-27-32-35(44-22-12-7-2)37(46-24-14-9-4)36(45-23-13-8-3)34(38(32,40)41)29-17-20-33(39)30(26-29)25-28-15-18-31(19-16-28)43-10-5/h15-20,26,32,34-37H,6-14,21-25,27H2,1-5H3/t32-,34?,35-,36+,37+/m1/s1. The van der Waals surface area contributed by atoms with E-state index in [1.165, 1.54) is 0 Å². The zero-order valence-corrected chi connectivity index (χ0v) is 29.5. The summed E-state index contributed by atoms with van der Waals surface area (Å²) >= 11 is 6.70. The monoisotopic (exact) mass is 666 g/mol. The largest absolute Gasteiger partial charge is 0.494 e. The van der Waals surface area contributed by atoms with Gasteiger partial charge in [0.15, 0.2) is 0 Å². The number of ether oxygens (including phenoxy) is 5. The Morgan fingerprint density at radius 3 is 1.85 bits per heavy atom. The second-order valence-corrected chi connectivity index (χ2v) is 12.8. The van der Waals surface area contributed by atoms with Crippen LogP contribution in [0.25, 0.3) is 0 Å². The van der Waals surface area contributed by atoms with Gasteiger partial charge in [-0.15, -0.1) is 0 Å². The van der Waals surface area contributed by atoms with Crippen molar-refractivity contribution in [3.05, 3.63) is 64.2 Å². The first-order chi connectivity index (χ1) is 22.3. The van der Waals surface area contributed by atoms with Crippen LogP contribution in [0.1, 0.15) is 109 Å². The zero-order chi connectivity index (χ0) is 33.4. The third-order valence-corrected chi connectivity index (χ3v) is 9.07. The molecule has 260 valence electrons. The van der Waals surface area contributed by atoms with Crippen LogP contribution in [0.15, 0.2) is 42.5 Å². The number of hydrogen-bond acceptors (Lipinski definition) is 5. The highest BCUT2D eigenvalue weighted by atomic mass is 35.5. The summed E-state index contributed by atoms with van der Waals surface area (Å²) in [6.45, 7) is 12.3. The molecule has 5 nitrogen and oxygen atoms in total. The van der Waals surface area contributed by atoms with Crippen molar-refractivity contribution in [3.8, 4) is 5.75 Å². The molecule has 0 heterocycles. The van der Waals surface area contributed by atoms with Gasteiger partial charge in [-0.1, -0.05) is 89.2 Å². The average Bonchev–Trinajstić information content (AvgIpc) is 3.04. The molecular formula is C38H57ClF2O5. The molecule has 0 aromatic heterocycles. The van der Waals surface area contributed by atoms with Crippen LogP contribution in [-0.2, 0) is 25.4 Å². The van der Waals surface area contributed by atoms with Crippen LogP contribution in [0.2, 0.25) is 5.02 Å². The first-order valence-electron chi connectivity index (χ1n) is 17.6. The quantitative estimate of drug-likeness (QED) is 0.117. The Kier molecular flexibility index (Phi) is 17.3. The van der Waals surface area contributed by atoms with Gasteiger partial charge in [0.1, 0.15) is 11.9 Å². The number of hydrogen-bond donors (Lipinski definition) is 0. The van der Waals surface area contributed by atoms with Crippen molar-refractivity contribution in [3.63, 3.8) is 0 Å². The van der Waals surface area contributed by atoms with Crippen molar-refractivity contribution < 1.29 is 32.5 Å². The van der Waals surface area contributed by atoms with Crippen molar-refractivity contribution in [1.29, 1.82) is 0 Å². The number of benzene rings is 2. The minimum atomic E-state index is -3.20. The van der Waals surface area contributed by atoms with E-state index in [9.17, 15) is 0 Å². The smallest absolute Gasteiger partial charge is 0.265 e. The van der Waals surface area contributed by atoms with Gasteiger partial charge in [0.05, 0.1) is 37.3 Å². The lowest BCUT2D eigenvalue weighted by atomic mass is 9.69. The Morgan fingerprint density at radius 2 is 1.26 bits per heavy atom. The summed E-state index contributed by atoms with van der Waals surface area (Å²) in [5.74, 6) is -4.88. The number of unbranched alkanes of at least 4 members (excludes halogenated alkanes) is 4. The molecule has 3 rings (SSSR count). The van der Waals surface area contributed by atoms with Gasteiger partial charge in [-0.2, -0.15) is 0 Å². The van der Waals surface area contributed by atoms with Crippen molar-refractivity contribution in [2.45, 2.75) is 123 Å². The van der Waals surface area contributed by atoms with Gasteiger partial charge in [-0.05, 0) is 73.9 Å². The summed E-state index contributed by atoms with van der Waals surface area (Å²) in [6, 6.07) is 13.1. The van der Waals surface area contributed by atoms with E-state index < -0.39 is 36.1 Å². The fourth-order valence-corrected chi connectivity index (χ4v) is 6.23.